The minimum absolute atomic E-state index is 0.0665. The number of nitrogens with zero attached hydrogens (tertiary/aromatic N) is 2. The Labute approximate surface area is 190 Å². The number of sulfonamides is 1. The van der Waals surface area contributed by atoms with Gasteiger partial charge in [0.15, 0.2) is 0 Å². The van der Waals surface area contributed by atoms with Gasteiger partial charge in [-0.1, -0.05) is 13.0 Å². The lowest BCUT2D eigenvalue weighted by atomic mass is 9.99. The fourth-order valence-electron chi connectivity index (χ4n) is 3.63. The molecule has 2 heterocycles. The van der Waals surface area contributed by atoms with E-state index in [9.17, 15) is 13.2 Å². The van der Waals surface area contributed by atoms with Crippen molar-refractivity contribution < 1.29 is 17.9 Å². The number of hydrogen-bond donors (Lipinski definition) is 2. The van der Waals surface area contributed by atoms with E-state index in [0.29, 0.717) is 6.54 Å². The number of benzene rings is 1. The summed E-state index contributed by atoms with van der Waals surface area (Å²) in [5, 5.41) is 2.83. The number of nitrogens with one attached hydrogen (secondary N) is 2. The molecular formula is C23H32N4O4S. The Bertz CT molecular complexity index is 1030. The Kier molecular flexibility index (Phi) is 7.73. The first-order valence-corrected chi connectivity index (χ1v) is 12.4. The van der Waals surface area contributed by atoms with Crippen LogP contribution in [0.25, 0.3) is 0 Å². The van der Waals surface area contributed by atoms with Gasteiger partial charge in [0.05, 0.1) is 7.11 Å². The normalized spacial score (nSPS) is 15.1. The SMILES string of the molecule is COc1ccc(C(=O)NCc2ccc(N3CCC(C)CC3)nc2)cc1S(=O)(=O)NC(C)C. The summed E-state index contributed by atoms with van der Waals surface area (Å²) in [4.78, 5) is 19.4. The van der Waals surface area contributed by atoms with Gasteiger partial charge in [0, 0.05) is 37.4 Å². The lowest BCUT2D eigenvalue weighted by molar-refractivity contribution is 0.0950. The number of carbonyl (C=O) groups is 1. The number of methoxy groups -OCH3 is 1. The molecule has 0 unspecified atom stereocenters. The highest BCUT2D eigenvalue weighted by Gasteiger charge is 2.22. The van der Waals surface area contributed by atoms with Crippen molar-refractivity contribution in [2.75, 3.05) is 25.1 Å². The molecule has 8 nitrogen and oxygen atoms in total. The smallest absolute Gasteiger partial charge is 0.251 e. The zero-order chi connectivity index (χ0) is 23.3. The molecule has 2 N–H and O–H groups in total. The second kappa shape index (κ2) is 10.3. The molecule has 0 radical (unpaired) electrons. The van der Waals surface area contributed by atoms with Gasteiger partial charge >= 0.3 is 0 Å². The van der Waals surface area contributed by atoms with Crippen molar-refractivity contribution >= 4 is 21.7 Å². The lowest BCUT2D eigenvalue weighted by Gasteiger charge is -2.31. The largest absolute Gasteiger partial charge is 0.495 e. The van der Waals surface area contributed by atoms with Crippen LogP contribution in [0.5, 0.6) is 5.75 Å². The monoisotopic (exact) mass is 460 g/mol. The maximum Gasteiger partial charge on any atom is 0.251 e. The molecular weight excluding hydrogens is 428 g/mol. The average molecular weight is 461 g/mol. The quantitative estimate of drug-likeness (QED) is 0.628. The first kappa shape index (κ1) is 24.0. The standard InChI is InChI=1S/C23H32N4O4S/c1-16(2)26-32(29,30)21-13-19(6-7-20(21)31-4)23(28)25-15-18-5-8-22(24-14-18)27-11-9-17(3)10-12-27/h5-8,13-14,16-17,26H,9-12,15H2,1-4H3,(H,25,28). The Morgan fingerprint density at radius 2 is 1.94 bits per heavy atom. The van der Waals surface area contributed by atoms with E-state index in [1.165, 1.54) is 32.1 Å². The third-order valence-electron chi connectivity index (χ3n) is 5.48. The third kappa shape index (κ3) is 5.98. The highest BCUT2D eigenvalue weighted by molar-refractivity contribution is 7.89. The molecule has 0 bridgehead atoms. The molecule has 1 aliphatic heterocycles. The van der Waals surface area contributed by atoms with Crippen molar-refractivity contribution in [1.82, 2.24) is 15.0 Å². The van der Waals surface area contributed by atoms with Crippen LogP contribution in [-0.2, 0) is 16.6 Å². The van der Waals surface area contributed by atoms with Crippen molar-refractivity contribution in [3.8, 4) is 5.75 Å². The third-order valence-corrected chi connectivity index (χ3v) is 7.16. The van der Waals surface area contributed by atoms with Crippen molar-refractivity contribution in [3.63, 3.8) is 0 Å². The molecule has 9 heteroatoms. The Hall–Kier alpha value is -2.65. The van der Waals surface area contributed by atoms with E-state index >= 15 is 0 Å². The Morgan fingerprint density at radius 1 is 1.22 bits per heavy atom. The summed E-state index contributed by atoms with van der Waals surface area (Å²) >= 11 is 0. The zero-order valence-electron chi connectivity index (χ0n) is 19.1. The average Bonchev–Trinajstić information content (AvgIpc) is 2.77. The molecule has 0 atom stereocenters. The van der Waals surface area contributed by atoms with Gasteiger partial charge in [-0.15, -0.1) is 0 Å². The molecule has 1 aliphatic rings. The van der Waals surface area contributed by atoms with Crippen LogP contribution in [0, 0.1) is 5.92 Å². The van der Waals surface area contributed by atoms with E-state index in [1.54, 1.807) is 26.1 Å². The van der Waals surface area contributed by atoms with Gasteiger partial charge in [0.1, 0.15) is 16.5 Å². The maximum atomic E-state index is 12.7. The number of anilines is 1. The van der Waals surface area contributed by atoms with Crippen molar-refractivity contribution in [2.45, 2.75) is 51.1 Å². The molecule has 3 rings (SSSR count). The van der Waals surface area contributed by atoms with Crippen LogP contribution in [0.4, 0.5) is 5.82 Å². The van der Waals surface area contributed by atoms with Crippen LogP contribution in [0.3, 0.4) is 0 Å². The number of ether oxygens (including phenoxy) is 1. The second-order valence-electron chi connectivity index (χ2n) is 8.52. The molecule has 0 spiro atoms. The summed E-state index contributed by atoms with van der Waals surface area (Å²) in [6.45, 7) is 8.05. The number of aromatic nitrogens is 1. The molecule has 1 amide bonds. The first-order chi connectivity index (χ1) is 15.2. The fourth-order valence-corrected chi connectivity index (χ4v) is 5.08. The molecule has 1 aromatic carbocycles. The number of piperidine rings is 1. The summed E-state index contributed by atoms with van der Waals surface area (Å²) in [7, 11) is -2.42. The van der Waals surface area contributed by atoms with Crippen LogP contribution in [0.2, 0.25) is 0 Å². The maximum absolute atomic E-state index is 12.7. The predicted molar refractivity (Wildman–Crippen MR) is 124 cm³/mol. The van der Waals surface area contributed by atoms with E-state index in [2.05, 4.69) is 26.8 Å². The van der Waals surface area contributed by atoms with E-state index < -0.39 is 10.0 Å². The predicted octanol–water partition coefficient (Wildman–Crippen LogP) is 2.94. The van der Waals surface area contributed by atoms with Crippen molar-refractivity contribution in [1.29, 1.82) is 0 Å². The topological polar surface area (TPSA) is 101 Å². The Balaban J connectivity index is 1.66. The zero-order valence-corrected chi connectivity index (χ0v) is 19.9. The van der Waals surface area contributed by atoms with Gasteiger partial charge in [-0.25, -0.2) is 18.1 Å². The number of pyridine rings is 1. The van der Waals surface area contributed by atoms with Gasteiger partial charge in [-0.3, -0.25) is 4.79 Å². The van der Waals surface area contributed by atoms with E-state index in [-0.39, 0.29) is 28.2 Å². The number of carbonyl (C=O) groups excluding carboxylic acids is 1. The molecule has 174 valence electrons. The van der Waals surface area contributed by atoms with Gasteiger partial charge in [0.25, 0.3) is 5.91 Å². The fraction of sp³-hybridized carbons (Fsp3) is 0.478. The van der Waals surface area contributed by atoms with Crippen LogP contribution < -0.4 is 19.7 Å². The van der Waals surface area contributed by atoms with Crippen LogP contribution in [-0.4, -0.2) is 45.6 Å². The first-order valence-electron chi connectivity index (χ1n) is 10.9. The molecule has 32 heavy (non-hydrogen) atoms. The molecule has 0 saturated carbocycles. The highest BCUT2D eigenvalue weighted by atomic mass is 32.2. The molecule has 1 saturated heterocycles. The van der Waals surface area contributed by atoms with E-state index in [4.69, 9.17) is 4.74 Å². The van der Waals surface area contributed by atoms with Crippen molar-refractivity contribution in [2.24, 2.45) is 5.92 Å². The summed E-state index contributed by atoms with van der Waals surface area (Å²) in [6, 6.07) is 8.01. The second-order valence-corrected chi connectivity index (χ2v) is 10.2. The van der Waals surface area contributed by atoms with Gasteiger partial charge < -0.3 is 15.0 Å². The van der Waals surface area contributed by atoms with E-state index in [0.717, 1.165) is 30.4 Å². The van der Waals surface area contributed by atoms with Gasteiger partial charge in [-0.05, 0) is 62.4 Å². The molecule has 0 aliphatic carbocycles. The number of rotatable bonds is 8. The molecule has 1 fully saturated rings. The molecule has 1 aromatic heterocycles. The van der Waals surface area contributed by atoms with Gasteiger partial charge in [-0.2, -0.15) is 0 Å². The Morgan fingerprint density at radius 3 is 2.53 bits per heavy atom. The minimum atomic E-state index is -3.81. The van der Waals surface area contributed by atoms with Crippen LogP contribution in [0.1, 0.15) is 49.5 Å². The lowest BCUT2D eigenvalue weighted by Crippen LogP contribution is -2.33. The van der Waals surface area contributed by atoms with Gasteiger partial charge in [0.2, 0.25) is 10.0 Å². The van der Waals surface area contributed by atoms with E-state index in [1.807, 2.05) is 12.1 Å². The minimum Gasteiger partial charge on any atom is -0.495 e. The summed E-state index contributed by atoms with van der Waals surface area (Å²) < 4.78 is 32.9. The summed E-state index contributed by atoms with van der Waals surface area (Å²) in [6.07, 6.45) is 4.11. The highest BCUT2D eigenvalue weighted by Crippen LogP contribution is 2.25. The summed E-state index contributed by atoms with van der Waals surface area (Å²) in [5.41, 5.74) is 1.11. The number of hydrogen-bond acceptors (Lipinski definition) is 6. The van der Waals surface area contributed by atoms with Crippen LogP contribution >= 0.6 is 0 Å². The van der Waals surface area contributed by atoms with Crippen molar-refractivity contribution in [3.05, 3.63) is 47.7 Å². The van der Waals surface area contributed by atoms with Crippen LogP contribution in [0.15, 0.2) is 41.4 Å². The molecule has 2 aromatic rings. The summed E-state index contributed by atoms with van der Waals surface area (Å²) in [5.74, 6) is 1.52. The number of amides is 1.